The van der Waals surface area contributed by atoms with E-state index in [1.807, 2.05) is 0 Å². The molecule has 2 amide bonds. The van der Waals surface area contributed by atoms with Gasteiger partial charge in [0.25, 0.3) is 0 Å². The quantitative estimate of drug-likeness (QED) is 0.452. The molecule has 6 nitrogen and oxygen atoms in total. The van der Waals surface area contributed by atoms with Gasteiger partial charge in [-0.25, -0.2) is 4.79 Å². The Labute approximate surface area is 97.6 Å². The lowest BCUT2D eigenvalue weighted by molar-refractivity contribution is -0.155. The third-order valence-electron chi connectivity index (χ3n) is 1.62. The Kier molecular flexibility index (Phi) is 6.37. The Morgan fingerprint density at radius 3 is 2.07 bits per heavy atom. The molecule has 0 aromatic heterocycles. The van der Waals surface area contributed by atoms with Gasteiger partial charge in [-0.15, -0.1) is 0 Å². The van der Waals surface area contributed by atoms with E-state index >= 15 is 0 Å². The van der Waals surface area contributed by atoms with Crippen molar-refractivity contribution < 1.29 is 19.5 Å². The summed E-state index contributed by atoms with van der Waals surface area (Å²) in [4.78, 5) is 33.9. The van der Waals surface area contributed by atoms with Crippen LogP contribution in [0.5, 0.6) is 0 Å². The van der Waals surface area contributed by atoms with E-state index in [9.17, 15) is 14.4 Å². The van der Waals surface area contributed by atoms with E-state index in [-0.39, 0.29) is 11.5 Å². The molecule has 0 rings (SSSR count). The second kappa shape index (κ2) is 6.70. The van der Waals surface area contributed by atoms with Crippen LogP contribution in [0.15, 0.2) is 0 Å². The maximum Gasteiger partial charge on any atom is 0.327 e. The van der Waals surface area contributed by atoms with Crippen LogP contribution >= 0.6 is 25.3 Å². The molecule has 0 aliphatic rings. The van der Waals surface area contributed by atoms with Crippen molar-refractivity contribution in [2.45, 2.75) is 6.04 Å². The monoisotopic (exact) mass is 252 g/mol. The van der Waals surface area contributed by atoms with Gasteiger partial charge in [0.2, 0.25) is 11.8 Å². The van der Waals surface area contributed by atoms with Crippen LogP contribution in [0.4, 0.5) is 0 Å². The number of aliphatic carboxylic acids is 1. The van der Waals surface area contributed by atoms with Crippen molar-refractivity contribution in [3.63, 3.8) is 0 Å². The molecule has 86 valence electrons. The predicted molar refractivity (Wildman–Crippen MR) is 60.0 cm³/mol. The van der Waals surface area contributed by atoms with Gasteiger partial charge in [0.05, 0.1) is 12.3 Å². The summed E-state index contributed by atoms with van der Waals surface area (Å²) in [5.74, 6) is -3.18. The average molecular weight is 252 g/mol. The molecule has 1 unspecified atom stereocenters. The van der Waals surface area contributed by atoms with Crippen LogP contribution in [0.3, 0.4) is 0 Å². The molecule has 0 fully saturated rings. The highest BCUT2D eigenvalue weighted by molar-refractivity contribution is 7.81. The van der Waals surface area contributed by atoms with E-state index in [0.29, 0.717) is 4.90 Å². The second-order valence-electron chi connectivity index (χ2n) is 2.56. The fraction of sp³-hybridized carbons (Fsp3) is 0.571. The summed E-state index contributed by atoms with van der Waals surface area (Å²) in [5, 5.41) is 8.77. The van der Waals surface area contributed by atoms with Gasteiger partial charge in [0, 0.05) is 5.75 Å². The standard InChI is InChI=1S/C7H12N2O4S2/c8-1-5(10)9(6(11)3-15)4(2-14)7(12)13/h4,14-15H,1-3,8H2,(H,12,13). The van der Waals surface area contributed by atoms with E-state index < -0.39 is 30.4 Å². The van der Waals surface area contributed by atoms with Gasteiger partial charge >= 0.3 is 5.97 Å². The van der Waals surface area contributed by atoms with Crippen molar-refractivity contribution in [2.75, 3.05) is 18.1 Å². The third-order valence-corrected chi connectivity index (χ3v) is 2.23. The first kappa shape index (κ1) is 14.3. The summed E-state index contributed by atoms with van der Waals surface area (Å²) in [7, 11) is 0. The van der Waals surface area contributed by atoms with Gasteiger partial charge in [-0.3, -0.25) is 14.5 Å². The predicted octanol–water partition coefficient (Wildman–Crippen LogP) is -1.39. The maximum absolute atomic E-state index is 11.3. The first-order chi connectivity index (χ1) is 6.99. The molecule has 0 saturated carbocycles. The topological polar surface area (TPSA) is 101 Å². The van der Waals surface area contributed by atoms with Crippen molar-refractivity contribution >= 4 is 43.0 Å². The SMILES string of the molecule is NCC(=O)N(C(=O)CS)C(CS)C(=O)O. The lowest BCUT2D eigenvalue weighted by atomic mass is 10.2. The number of imide groups is 1. The third kappa shape index (κ3) is 3.73. The number of thiol groups is 2. The van der Waals surface area contributed by atoms with Crippen LogP contribution in [0, 0.1) is 0 Å². The molecule has 0 bridgehead atoms. The summed E-state index contributed by atoms with van der Waals surface area (Å²) in [6, 6.07) is -1.30. The fourth-order valence-corrected chi connectivity index (χ4v) is 1.40. The summed E-state index contributed by atoms with van der Waals surface area (Å²) >= 11 is 7.46. The molecular weight excluding hydrogens is 240 g/mol. The molecule has 0 aliphatic heterocycles. The van der Waals surface area contributed by atoms with Crippen LogP contribution in [-0.4, -0.2) is 51.9 Å². The molecule has 0 saturated heterocycles. The zero-order chi connectivity index (χ0) is 12.0. The second-order valence-corrected chi connectivity index (χ2v) is 3.24. The van der Waals surface area contributed by atoms with E-state index in [2.05, 4.69) is 25.3 Å². The molecule has 0 spiro atoms. The van der Waals surface area contributed by atoms with Crippen molar-refractivity contribution in [1.82, 2.24) is 4.90 Å². The number of nitrogens with zero attached hydrogens (tertiary/aromatic N) is 1. The summed E-state index contributed by atoms with van der Waals surface area (Å²) in [6.07, 6.45) is 0. The Balaban J connectivity index is 4.98. The molecular formula is C7H12N2O4S2. The smallest absolute Gasteiger partial charge is 0.327 e. The minimum atomic E-state index is -1.30. The number of nitrogens with two attached hydrogens (primary N) is 1. The van der Waals surface area contributed by atoms with Gasteiger partial charge in [-0.1, -0.05) is 0 Å². The van der Waals surface area contributed by atoms with Crippen LogP contribution in [0.25, 0.3) is 0 Å². The highest BCUT2D eigenvalue weighted by atomic mass is 32.1. The first-order valence-corrected chi connectivity index (χ1v) is 5.25. The summed E-state index contributed by atoms with van der Waals surface area (Å²) in [6.45, 7) is -0.433. The molecule has 0 aliphatic carbocycles. The van der Waals surface area contributed by atoms with E-state index in [1.54, 1.807) is 0 Å². The van der Waals surface area contributed by atoms with Gasteiger partial charge in [-0.2, -0.15) is 25.3 Å². The average Bonchev–Trinajstić information content (AvgIpc) is 2.23. The largest absolute Gasteiger partial charge is 0.480 e. The Morgan fingerprint density at radius 1 is 1.27 bits per heavy atom. The Hall–Kier alpha value is -0.730. The molecule has 15 heavy (non-hydrogen) atoms. The van der Waals surface area contributed by atoms with E-state index in [4.69, 9.17) is 10.8 Å². The number of carboxylic acids is 1. The molecule has 1 atom stereocenters. The number of carbonyl (C=O) groups is 3. The number of amides is 2. The summed E-state index contributed by atoms with van der Waals surface area (Å²) < 4.78 is 0. The lowest BCUT2D eigenvalue weighted by Gasteiger charge is -2.24. The number of rotatable bonds is 5. The van der Waals surface area contributed by atoms with Gasteiger partial charge in [0.15, 0.2) is 0 Å². The molecule has 0 radical (unpaired) electrons. The minimum absolute atomic E-state index is 0.166. The highest BCUT2D eigenvalue weighted by Crippen LogP contribution is 2.05. The van der Waals surface area contributed by atoms with Crippen LogP contribution in [0.2, 0.25) is 0 Å². The van der Waals surface area contributed by atoms with Crippen LogP contribution < -0.4 is 5.73 Å². The number of hydrogen-bond donors (Lipinski definition) is 4. The number of hydrogen-bond acceptors (Lipinski definition) is 6. The maximum atomic E-state index is 11.3. The van der Waals surface area contributed by atoms with Gasteiger partial charge in [0.1, 0.15) is 6.04 Å². The lowest BCUT2D eigenvalue weighted by Crippen LogP contribution is -2.52. The zero-order valence-corrected chi connectivity index (χ0v) is 9.58. The zero-order valence-electron chi connectivity index (χ0n) is 7.79. The van der Waals surface area contributed by atoms with Crippen LogP contribution in [0.1, 0.15) is 0 Å². The van der Waals surface area contributed by atoms with Crippen molar-refractivity contribution in [1.29, 1.82) is 0 Å². The van der Waals surface area contributed by atoms with Crippen LogP contribution in [-0.2, 0) is 14.4 Å². The molecule has 0 aromatic rings. The van der Waals surface area contributed by atoms with Crippen molar-refractivity contribution in [3.8, 4) is 0 Å². The number of carbonyl (C=O) groups excluding carboxylic acids is 2. The molecule has 3 N–H and O–H groups in total. The normalized spacial score (nSPS) is 11.9. The summed E-state index contributed by atoms with van der Waals surface area (Å²) in [5.41, 5.74) is 5.07. The number of carboxylic acid groups (broad SMARTS) is 1. The van der Waals surface area contributed by atoms with Gasteiger partial charge in [-0.05, 0) is 0 Å². The minimum Gasteiger partial charge on any atom is -0.480 e. The molecule has 8 heteroatoms. The van der Waals surface area contributed by atoms with Gasteiger partial charge < -0.3 is 10.8 Å². The highest BCUT2D eigenvalue weighted by Gasteiger charge is 2.32. The fourth-order valence-electron chi connectivity index (χ4n) is 0.931. The first-order valence-electron chi connectivity index (χ1n) is 3.99. The Bertz CT molecular complexity index is 256. The van der Waals surface area contributed by atoms with E-state index in [0.717, 1.165) is 0 Å². The molecule has 0 heterocycles. The van der Waals surface area contributed by atoms with Crippen molar-refractivity contribution in [2.24, 2.45) is 5.73 Å². The van der Waals surface area contributed by atoms with Crippen molar-refractivity contribution in [3.05, 3.63) is 0 Å². The Morgan fingerprint density at radius 2 is 1.80 bits per heavy atom. The molecule has 0 aromatic carbocycles. The van der Waals surface area contributed by atoms with E-state index in [1.165, 1.54) is 0 Å².